The van der Waals surface area contributed by atoms with Gasteiger partial charge in [-0.2, -0.15) is 4.98 Å². The Morgan fingerprint density at radius 2 is 2.05 bits per heavy atom. The predicted molar refractivity (Wildman–Crippen MR) is 69.5 cm³/mol. The highest BCUT2D eigenvalue weighted by molar-refractivity contribution is 5.94. The van der Waals surface area contributed by atoms with Crippen LogP contribution in [0.15, 0.2) is 30.3 Å². The van der Waals surface area contributed by atoms with Gasteiger partial charge in [-0.15, -0.1) is 5.10 Å². The molecular formula is C12H13N5O3. The molecule has 1 amide bonds. The topological polar surface area (TPSA) is 123 Å². The molecule has 0 aliphatic carbocycles. The first-order valence-electron chi connectivity index (χ1n) is 5.73. The van der Waals surface area contributed by atoms with Crippen LogP contribution in [0.4, 0.5) is 5.95 Å². The average molecular weight is 275 g/mol. The van der Waals surface area contributed by atoms with Gasteiger partial charge in [-0.05, 0) is 5.56 Å². The highest BCUT2D eigenvalue weighted by atomic mass is 16.5. The molecule has 8 nitrogen and oxygen atoms in total. The monoisotopic (exact) mass is 275 g/mol. The van der Waals surface area contributed by atoms with E-state index in [4.69, 9.17) is 5.73 Å². The maximum Gasteiger partial charge on any atom is 0.333 e. The first-order chi connectivity index (χ1) is 9.61. The number of hydrogen-bond acceptors (Lipinski definition) is 6. The highest BCUT2D eigenvalue weighted by Crippen LogP contribution is 2.14. The first kappa shape index (κ1) is 13.5. The van der Waals surface area contributed by atoms with E-state index in [1.165, 1.54) is 7.11 Å². The van der Waals surface area contributed by atoms with Crippen LogP contribution in [0.25, 0.3) is 0 Å². The SMILES string of the molecule is COC(=O)C(NC(=O)c1nc(N)n[nH]1)c1ccccc1. The highest BCUT2D eigenvalue weighted by Gasteiger charge is 2.25. The maximum atomic E-state index is 12.0. The Morgan fingerprint density at radius 1 is 1.35 bits per heavy atom. The zero-order chi connectivity index (χ0) is 14.5. The van der Waals surface area contributed by atoms with Gasteiger partial charge in [0.05, 0.1) is 7.11 Å². The van der Waals surface area contributed by atoms with Gasteiger partial charge in [0.25, 0.3) is 5.91 Å². The second-order valence-corrected chi connectivity index (χ2v) is 3.88. The molecule has 0 aliphatic rings. The number of rotatable bonds is 4. The number of nitrogen functional groups attached to an aromatic ring is 1. The molecule has 0 aliphatic heterocycles. The number of anilines is 1. The van der Waals surface area contributed by atoms with E-state index in [1.807, 2.05) is 0 Å². The van der Waals surface area contributed by atoms with Crippen LogP contribution in [-0.2, 0) is 9.53 Å². The number of carbonyl (C=O) groups is 2. The maximum absolute atomic E-state index is 12.0. The summed E-state index contributed by atoms with van der Waals surface area (Å²) < 4.78 is 4.68. The molecule has 0 fully saturated rings. The van der Waals surface area contributed by atoms with Crippen molar-refractivity contribution in [2.75, 3.05) is 12.8 Å². The number of nitrogens with zero attached hydrogens (tertiary/aromatic N) is 2. The molecule has 0 saturated carbocycles. The number of methoxy groups -OCH3 is 1. The Bertz CT molecular complexity index is 611. The van der Waals surface area contributed by atoms with Crippen LogP contribution in [0.1, 0.15) is 22.2 Å². The van der Waals surface area contributed by atoms with Crippen molar-refractivity contribution in [3.05, 3.63) is 41.7 Å². The molecule has 0 saturated heterocycles. The number of amides is 1. The minimum atomic E-state index is -0.931. The van der Waals surface area contributed by atoms with E-state index in [-0.39, 0.29) is 11.8 Å². The van der Waals surface area contributed by atoms with Crippen LogP contribution in [0.3, 0.4) is 0 Å². The molecule has 1 atom stereocenters. The molecule has 0 bridgehead atoms. The Morgan fingerprint density at radius 3 is 2.60 bits per heavy atom. The zero-order valence-electron chi connectivity index (χ0n) is 10.7. The summed E-state index contributed by atoms with van der Waals surface area (Å²) in [6, 6.07) is 7.79. The lowest BCUT2D eigenvalue weighted by Gasteiger charge is -2.15. The lowest BCUT2D eigenvalue weighted by molar-refractivity contribution is -0.143. The zero-order valence-corrected chi connectivity index (χ0v) is 10.7. The van der Waals surface area contributed by atoms with Crippen molar-refractivity contribution in [2.24, 2.45) is 0 Å². The van der Waals surface area contributed by atoms with Crippen LogP contribution in [-0.4, -0.2) is 34.2 Å². The van der Waals surface area contributed by atoms with Crippen molar-refractivity contribution in [3.8, 4) is 0 Å². The third-order valence-electron chi connectivity index (χ3n) is 2.56. The summed E-state index contributed by atoms with van der Waals surface area (Å²) in [5, 5.41) is 8.43. The van der Waals surface area contributed by atoms with Crippen LogP contribution < -0.4 is 11.1 Å². The molecular weight excluding hydrogens is 262 g/mol. The van der Waals surface area contributed by atoms with E-state index in [9.17, 15) is 9.59 Å². The third kappa shape index (κ3) is 2.91. The molecule has 2 rings (SSSR count). The Hall–Kier alpha value is -2.90. The lowest BCUT2D eigenvalue weighted by atomic mass is 10.1. The smallest absolute Gasteiger partial charge is 0.333 e. The van der Waals surface area contributed by atoms with Gasteiger partial charge in [-0.1, -0.05) is 30.3 Å². The molecule has 104 valence electrons. The molecule has 0 spiro atoms. The van der Waals surface area contributed by atoms with Crippen molar-refractivity contribution in [2.45, 2.75) is 6.04 Å². The summed E-state index contributed by atoms with van der Waals surface area (Å²) in [6.07, 6.45) is 0. The predicted octanol–water partition coefficient (Wildman–Crippen LogP) is 0.0310. The fraction of sp³-hybridized carbons (Fsp3) is 0.167. The van der Waals surface area contributed by atoms with Gasteiger partial charge in [0.1, 0.15) is 0 Å². The average Bonchev–Trinajstić information content (AvgIpc) is 2.91. The van der Waals surface area contributed by atoms with Gasteiger partial charge in [-0.25, -0.2) is 4.79 Å². The minimum absolute atomic E-state index is 0.0514. The van der Waals surface area contributed by atoms with Crippen molar-refractivity contribution in [1.29, 1.82) is 0 Å². The van der Waals surface area contributed by atoms with Crippen molar-refractivity contribution in [3.63, 3.8) is 0 Å². The van der Waals surface area contributed by atoms with Gasteiger partial charge in [-0.3, -0.25) is 9.89 Å². The molecule has 2 aromatic rings. The number of H-pyrrole nitrogens is 1. The van der Waals surface area contributed by atoms with Crippen LogP contribution in [0, 0.1) is 0 Å². The third-order valence-corrected chi connectivity index (χ3v) is 2.56. The van der Waals surface area contributed by atoms with Gasteiger partial charge < -0.3 is 15.8 Å². The molecule has 1 aromatic heterocycles. The fourth-order valence-electron chi connectivity index (χ4n) is 1.62. The Labute approximate surface area is 114 Å². The van der Waals surface area contributed by atoms with E-state index < -0.39 is 17.9 Å². The van der Waals surface area contributed by atoms with E-state index in [0.29, 0.717) is 5.56 Å². The van der Waals surface area contributed by atoms with Crippen LogP contribution >= 0.6 is 0 Å². The fourth-order valence-corrected chi connectivity index (χ4v) is 1.62. The minimum Gasteiger partial charge on any atom is -0.467 e. The Balaban J connectivity index is 2.21. The van der Waals surface area contributed by atoms with Crippen LogP contribution in [0.2, 0.25) is 0 Å². The second kappa shape index (κ2) is 5.83. The molecule has 1 aromatic carbocycles. The van der Waals surface area contributed by atoms with Gasteiger partial charge >= 0.3 is 5.97 Å². The number of nitrogens with two attached hydrogens (primary N) is 1. The summed E-state index contributed by atoms with van der Waals surface area (Å²) in [5.41, 5.74) is 5.92. The first-order valence-corrected chi connectivity index (χ1v) is 5.73. The van der Waals surface area contributed by atoms with Crippen molar-refractivity contribution < 1.29 is 14.3 Å². The standard InChI is InChI=1S/C12H13N5O3/c1-20-11(19)8(7-5-3-2-4-6-7)14-10(18)9-15-12(13)17-16-9/h2-6,8H,1H3,(H,14,18)(H3,13,15,16,17). The number of aromatic nitrogens is 3. The summed E-state index contributed by atoms with van der Waals surface area (Å²) in [6.45, 7) is 0. The number of esters is 1. The number of ether oxygens (including phenoxy) is 1. The largest absolute Gasteiger partial charge is 0.467 e. The summed E-state index contributed by atoms with van der Waals surface area (Å²) >= 11 is 0. The molecule has 20 heavy (non-hydrogen) atoms. The van der Waals surface area contributed by atoms with E-state index in [2.05, 4.69) is 25.2 Å². The van der Waals surface area contributed by atoms with Crippen molar-refractivity contribution >= 4 is 17.8 Å². The molecule has 0 radical (unpaired) electrons. The Kier molecular flexibility index (Phi) is 3.94. The van der Waals surface area contributed by atoms with Crippen LogP contribution in [0.5, 0.6) is 0 Å². The number of aromatic amines is 1. The molecule has 4 N–H and O–H groups in total. The van der Waals surface area contributed by atoms with Gasteiger partial charge in [0, 0.05) is 0 Å². The lowest BCUT2D eigenvalue weighted by Crippen LogP contribution is -2.35. The van der Waals surface area contributed by atoms with E-state index in [1.54, 1.807) is 30.3 Å². The summed E-state index contributed by atoms with van der Waals surface area (Å²) in [4.78, 5) is 27.4. The van der Waals surface area contributed by atoms with E-state index >= 15 is 0 Å². The van der Waals surface area contributed by atoms with Gasteiger partial charge in [0.15, 0.2) is 6.04 Å². The molecule has 1 unspecified atom stereocenters. The molecule has 1 heterocycles. The summed E-state index contributed by atoms with van der Waals surface area (Å²) in [7, 11) is 1.25. The normalized spacial score (nSPS) is 11.7. The van der Waals surface area contributed by atoms with Gasteiger partial charge in [0.2, 0.25) is 11.8 Å². The number of carbonyl (C=O) groups excluding carboxylic acids is 2. The number of benzene rings is 1. The van der Waals surface area contributed by atoms with E-state index in [0.717, 1.165) is 0 Å². The second-order valence-electron chi connectivity index (χ2n) is 3.88. The number of nitrogens with one attached hydrogen (secondary N) is 2. The number of hydrogen-bond donors (Lipinski definition) is 3. The quantitative estimate of drug-likeness (QED) is 0.676. The summed E-state index contributed by atoms with van der Waals surface area (Å²) in [5.74, 6) is -1.32. The van der Waals surface area contributed by atoms with Crippen molar-refractivity contribution in [1.82, 2.24) is 20.5 Å². The molecule has 8 heteroatoms.